The fourth-order valence-electron chi connectivity index (χ4n) is 13.1. The van der Waals surface area contributed by atoms with Gasteiger partial charge in [0.1, 0.15) is 17.6 Å². The monoisotopic (exact) mass is 675 g/mol. The number of aliphatic hydroxyl groups is 2. The maximum Gasteiger partial charge on any atom is 0.159 e. The first-order valence-corrected chi connectivity index (χ1v) is 19.2. The van der Waals surface area contributed by atoms with Gasteiger partial charge in [-0.05, 0) is 118 Å². The van der Waals surface area contributed by atoms with Crippen molar-refractivity contribution in [3.8, 4) is 5.75 Å². The molecule has 0 spiro atoms. The van der Waals surface area contributed by atoms with Crippen LogP contribution >= 0.6 is 0 Å². The number of aromatic hydroxyl groups is 1. The third-order valence-corrected chi connectivity index (χ3v) is 15.5. The van der Waals surface area contributed by atoms with Crippen LogP contribution in [0, 0.1) is 39.4 Å². The topological polar surface area (TPSA) is 119 Å². The van der Waals surface area contributed by atoms with Gasteiger partial charge >= 0.3 is 0 Å². The van der Waals surface area contributed by atoms with E-state index in [0.29, 0.717) is 38.0 Å². The van der Waals surface area contributed by atoms with Crippen molar-refractivity contribution in [3.63, 3.8) is 0 Å². The first kappa shape index (κ1) is 35.3. The molecule has 0 unspecified atom stereocenters. The lowest BCUT2D eigenvalue weighted by Crippen LogP contribution is -2.70. The summed E-state index contributed by atoms with van der Waals surface area (Å²) in [5.74, 6) is 0.699. The van der Waals surface area contributed by atoms with Gasteiger partial charge in [-0.25, -0.2) is 0 Å². The van der Waals surface area contributed by atoms with Crippen LogP contribution < -0.4 is 5.32 Å². The Bertz CT molecular complexity index is 1560. The highest BCUT2D eigenvalue weighted by Crippen LogP contribution is 2.75. The molecule has 4 N–H and O–H groups in total. The molecule has 2 aliphatic heterocycles. The largest absolute Gasteiger partial charge is 0.508 e. The lowest BCUT2D eigenvalue weighted by atomic mass is 9.34. The summed E-state index contributed by atoms with van der Waals surface area (Å²) in [6.07, 6.45) is 6.80. The van der Waals surface area contributed by atoms with Gasteiger partial charge in [0.15, 0.2) is 5.78 Å². The second kappa shape index (κ2) is 11.5. The van der Waals surface area contributed by atoms with Crippen molar-refractivity contribution in [2.45, 2.75) is 155 Å². The smallest absolute Gasteiger partial charge is 0.159 e. The van der Waals surface area contributed by atoms with Gasteiger partial charge in [0.2, 0.25) is 0 Å². The minimum atomic E-state index is -0.835. The van der Waals surface area contributed by atoms with E-state index in [1.165, 1.54) is 5.57 Å². The number of rotatable bonds is 5. The summed E-state index contributed by atoms with van der Waals surface area (Å²) >= 11 is 0. The number of phenolic OH excluding ortho intramolecular Hbond substituents is 1. The maximum absolute atomic E-state index is 14.9. The predicted octanol–water partition coefficient (Wildman–Crippen LogP) is 7.02. The number of fused-ring (bicyclic) bond motifs is 4. The quantitative estimate of drug-likeness (QED) is 0.248. The average Bonchev–Trinajstić information content (AvgIpc) is 3.56. The number of nitrogens with one attached hydrogen (secondary N) is 1. The zero-order valence-corrected chi connectivity index (χ0v) is 31.2. The summed E-state index contributed by atoms with van der Waals surface area (Å²) in [5, 5.41) is 37.0. The zero-order valence-electron chi connectivity index (χ0n) is 31.2. The molecular weight excluding hydrogens is 614 g/mol. The molecule has 0 bridgehead atoms. The number of hydrogen-bond donors (Lipinski definition) is 4. The highest BCUT2D eigenvalue weighted by Gasteiger charge is 2.72. The molecule has 6 aliphatic rings. The third-order valence-electron chi connectivity index (χ3n) is 15.5. The lowest BCUT2D eigenvalue weighted by molar-refractivity contribution is -0.198. The first-order valence-electron chi connectivity index (χ1n) is 19.2. The Morgan fingerprint density at radius 2 is 1.71 bits per heavy atom. The van der Waals surface area contributed by atoms with Crippen molar-refractivity contribution in [1.29, 1.82) is 0 Å². The number of carbonyl (C=O) groups excluding carboxylic acids is 2. The number of ether oxygens (including phenoxy) is 1. The van der Waals surface area contributed by atoms with Crippen LogP contribution in [0.4, 0.5) is 0 Å². The summed E-state index contributed by atoms with van der Waals surface area (Å²) in [4.78, 5) is 29.2. The highest BCUT2D eigenvalue weighted by atomic mass is 16.6. The molecule has 7 nitrogen and oxygen atoms in total. The van der Waals surface area contributed by atoms with Gasteiger partial charge < -0.3 is 25.4 Å². The van der Waals surface area contributed by atoms with Crippen LogP contribution in [-0.4, -0.2) is 62.9 Å². The molecular formula is C42H61NO6. The van der Waals surface area contributed by atoms with Crippen LogP contribution in [0.2, 0.25) is 0 Å². The van der Waals surface area contributed by atoms with Gasteiger partial charge in [-0.3, -0.25) is 9.59 Å². The number of Topliss-reactive ketones (excluding diaryl/α,β-unsaturated/α-hetero) is 2. The van der Waals surface area contributed by atoms with Crippen LogP contribution in [0.1, 0.15) is 131 Å². The molecule has 270 valence electrons. The number of β-amino-alcohol motifs (C(OH)–C–C–N with tert-alkyl or cyclic N) is 1. The minimum Gasteiger partial charge on any atom is -0.508 e. The van der Waals surface area contributed by atoms with Gasteiger partial charge in [-0.15, -0.1) is 0 Å². The molecule has 5 fully saturated rings. The number of benzene rings is 1. The zero-order chi connectivity index (χ0) is 35.5. The van der Waals surface area contributed by atoms with Gasteiger partial charge in [-0.1, -0.05) is 65.2 Å². The van der Waals surface area contributed by atoms with Gasteiger partial charge in [0, 0.05) is 35.8 Å². The standard InChI is InChI=1S/C42H61NO6/c1-24(18-30(45)36-37(2,3)49-36)33-28-14-15-32-40(6)20-27(25-12-11-13-26(44)19-25)35(47)39(5)17-10-9-16-38(4,48)23-43-29(34(39)40)21-42(32,8)41(28,7)22-31(33)46/h11-13,19,24,27,29-30,32,34,36,43-45,48H,9-10,14-18,20-23H2,1-8H3/t24-,27+,29+,30-,32-,34+,36-,38-,39-,40+,41+,42+/m1/s1. The van der Waals surface area contributed by atoms with Crippen molar-refractivity contribution in [1.82, 2.24) is 5.32 Å². The molecule has 3 saturated carbocycles. The summed E-state index contributed by atoms with van der Waals surface area (Å²) in [7, 11) is 0. The van der Waals surface area contributed by atoms with E-state index in [4.69, 9.17) is 4.74 Å². The van der Waals surface area contributed by atoms with Gasteiger partial charge in [0.25, 0.3) is 0 Å². The third kappa shape index (κ3) is 5.34. The van der Waals surface area contributed by atoms with E-state index in [0.717, 1.165) is 49.7 Å². The Kier molecular flexibility index (Phi) is 8.27. The van der Waals surface area contributed by atoms with E-state index < -0.39 is 17.1 Å². The SMILES string of the molecule is C[C@H](C[C@@H](O)[C@H]1OC1(C)C)C1=C2CC[C@@H]3[C@]4(C)C[C@@H](c5cccc(O)c5)C(=O)[C@]5(C)CCCC[C@@](C)(O)CN[C@@H](C[C@]3(C)[C@@]2(C)CC1=O)[C@H]45. The molecule has 4 aliphatic carbocycles. The Hall–Kier alpha value is -2.06. The summed E-state index contributed by atoms with van der Waals surface area (Å²) in [6, 6.07) is 7.34. The van der Waals surface area contributed by atoms with Crippen LogP contribution in [-0.2, 0) is 14.3 Å². The Morgan fingerprint density at radius 3 is 2.39 bits per heavy atom. The van der Waals surface area contributed by atoms with Crippen LogP contribution in [0.25, 0.3) is 0 Å². The van der Waals surface area contributed by atoms with Crippen molar-refractivity contribution < 1.29 is 29.6 Å². The van der Waals surface area contributed by atoms with E-state index in [1.54, 1.807) is 12.1 Å². The van der Waals surface area contributed by atoms with E-state index >= 15 is 0 Å². The Morgan fingerprint density at radius 1 is 1.02 bits per heavy atom. The second-order valence-corrected chi connectivity index (χ2v) is 19.2. The first-order chi connectivity index (χ1) is 22.8. The second-order valence-electron chi connectivity index (χ2n) is 19.2. The number of ketones is 2. The maximum atomic E-state index is 14.9. The molecule has 0 amide bonds. The Balaban J connectivity index is 1.32. The molecule has 7 heteroatoms. The fourth-order valence-corrected chi connectivity index (χ4v) is 13.1. The van der Waals surface area contributed by atoms with Crippen molar-refractivity contribution >= 4 is 11.6 Å². The van der Waals surface area contributed by atoms with Gasteiger partial charge in [0.05, 0.1) is 17.3 Å². The van der Waals surface area contributed by atoms with E-state index in [1.807, 2.05) is 32.9 Å². The number of phenols is 1. The molecule has 49 heavy (non-hydrogen) atoms. The average molecular weight is 676 g/mol. The highest BCUT2D eigenvalue weighted by molar-refractivity contribution is 6.00. The summed E-state index contributed by atoms with van der Waals surface area (Å²) in [6.45, 7) is 18.0. The molecule has 1 aromatic rings. The molecule has 0 aromatic heterocycles. The normalized spacial score (nSPS) is 46.0. The van der Waals surface area contributed by atoms with Crippen LogP contribution in [0.5, 0.6) is 5.75 Å². The molecule has 0 radical (unpaired) electrons. The number of aliphatic hydroxyl groups excluding tert-OH is 1. The van der Waals surface area contributed by atoms with E-state index in [9.17, 15) is 24.9 Å². The van der Waals surface area contributed by atoms with Crippen molar-refractivity contribution in [2.24, 2.45) is 39.4 Å². The molecule has 12 atom stereocenters. The Labute approximate surface area is 293 Å². The van der Waals surface area contributed by atoms with Crippen LogP contribution in [0.15, 0.2) is 35.4 Å². The van der Waals surface area contributed by atoms with Crippen molar-refractivity contribution in [3.05, 3.63) is 41.0 Å². The fraction of sp³-hybridized carbons (Fsp3) is 0.762. The molecule has 7 rings (SSSR count). The number of hydrogen-bond acceptors (Lipinski definition) is 7. The minimum absolute atomic E-state index is 0.00118. The van der Waals surface area contributed by atoms with Crippen molar-refractivity contribution in [2.75, 3.05) is 6.54 Å². The van der Waals surface area contributed by atoms with Crippen LogP contribution in [0.3, 0.4) is 0 Å². The molecule has 1 aromatic carbocycles. The lowest BCUT2D eigenvalue weighted by Gasteiger charge is -2.71. The van der Waals surface area contributed by atoms with E-state index in [2.05, 4.69) is 39.9 Å². The number of carbonyl (C=O) groups is 2. The number of epoxide rings is 1. The predicted molar refractivity (Wildman–Crippen MR) is 190 cm³/mol. The molecule has 2 heterocycles. The van der Waals surface area contributed by atoms with Gasteiger partial charge in [-0.2, -0.15) is 0 Å². The summed E-state index contributed by atoms with van der Waals surface area (Å²) in [5.41, 5.74) is 0.607. The van der Waals surface area contributed by atoms with E-state index in [-0.39, 0.29) is 69.2 Å². The summed E-state index contributed by atoms with van der Waals surface area (Å²) < 4.78 is 5.77. The molecule has 2 saturated heterocycles. The number of allylic oxidation sites excluding steroid dienone is 2.